The summed E-state index contributed by atoms with van der Waals surface area (Å²) in [5.41, 5.74) is 0.0658. The van der Waals surface area contributed by atoms with E-state index >= 15 is 0 Å². The number of rotatable bonds is 10. The van der Waals surface area contributed by atoms with Crippen molar-refractivity contribution in [1.29, 1.82) is 0 Å². The Morgan fingerprint density at radius 1 is 1.10 bits per heavy atom. The molecule has 218 valence electrons. The van der Waals surface area contributed by atoms with Crippen molar-refractivity contribution in [2.75, 3.05) is 6.61 Å². The first kappa shape index (κ1) is 31.2. The molecule has 10 heteroatoms. The summed E-state index contributed by atoms with van der Waals surface area (Å²) >= 11 is 6.38. The zero-order chi connectivity index (χ0) is 29.8. The summed E-state index contributed by atoms with van der Waals surface area (Å²) in [6.07, 6.45) is 2.83. The average molecular weight is 575 g/mol. The third-order valence-electron chi connectivity index (χ3n) is 6.43. The Morgan fingerprint density at radius 3 is 2.33 bits per heavy atom. The Kier molecular flexibility index (Phi) is 9.72. The van der Waals surface area contributed by atoms with Gasteiger partial charge in [0.15, 0.2) is 0 Å². The van der Waals surface area contributed by atoms with Gasteiger partial charge in [0.1, 0.15) is 11.6 Å². The van der Waals surface area contributed by atoms with Crippen molar-refractivity contribution >= 4 is 29.6 Å². The molecule has 1 aromatic heterocycles. The number of halogens is 1. The monoisotopic (exact) mass is 574 g/mol. The fourth-order valence-electron chi connectivity index (χ4n) is 4.51. The summed E-state index contributed by atoms with van der Waals surface area (Å²) < 4.78 is 17.4. The highest BCUT2D eigenvalue weighted by Gasteiger charge is 2.45. The average Bonchev–Trinajstić information content (AvgIpc) is 3.58. The largest absolute Gasteiger partial charge is 0.462 e. The van der Waals surface area contributed by atoms with Gasteiger partial charge >= 0.3 is 18.0 Å². The van der Waals surface area contributed by atoms with Crippen molar-refractivity contribution in [2.45, 2.75) is 97.4 Å². The number of hydrogen-bond donors (Lipinski definition) is 1. The van der Waals surface area contributed by atoms with E-state index in [-0.39, 0.29) is 24.7 Å². The van der Waals surface area contributed by atoms with E-state index < -0.39 is 40.8 Å². The molecule has 1 aromatic carbocycles. The van der Waals surface area contributed by atoms with Crippen LogP contribution in [0.15, 0.2) is 35.3 Å². The van der Waals surface area contributed by atoms with Crippen LogP contribution < -0.4 is 10.9 Å². The molecule has 1 atom stereocenters. The van der Waals surface area contributed by atoms with Gasteiger partial charge in [-0.2, -0.15) is 0 Å². The van der Waals surface area contributed by atoms with Crippen molar-refractivity contribution < 1.29 is 28.6 Å². The Labute approximate surface area is 240 Å². The molecule has 1 N–H and O–H groups in total. The number of amides is 1. The molecule has 1 heterocycles. The zero-order valence-electron chi connectivity index (χ0n) is 24.3. The zero-order valence-corrected chi connectivity index (χ0v) is 25.0. The highest BCUT2D eigenvalue weighted by atomic mass is 35.5. The maximum absolute atomic E-state index is 13.5. The predicted octanol–water partition coefficient (Wildman–Crippen LogP) is 5.85. The summed E-state index contributed by atoms with van der Waals surface area (Å²) in [6, 6.07) is 5.63. The van der Waals surface area contributed by atoms with Gasteiger partial charge in [-0.15, -0.1) is 0 Å². The number of hydrogen-bond acceptors (Lipinski definition) is 7. The smallest absolute Gasteiger partial charge is 0.407 e. The highest BCUT2D eigenvalue weighted by molar-refractivity contribution is 6.31. The van der Waals surface area contributed by atoms with Crippen molar-refractivity contribution in [3.63, 3.8) is 0 Å². The first-order valence-electron chi connectivity index (χ1n) is 13.6. The topological polar surface area (TPSA) is 113 Å². The lowest BCUT2D eigenvalue weighted by Gasteiger charge is -2.25. The summed E-state index contributed by atoms with van der Waals surface area (Å²) in [4.78, 5) is 52.0. The van der Waals surface area contributed by atoms with Crippen LogP contribution in [-0.2, 0) is 25.4 Å². The Balaban J connectivity index is 2.11. The van der Waals surface area contributed by atoms with Crippen LogP contribution >= 0.6 is 11.6 Å². The van der Waals surface area contributed by atoms with Gasteiger partial charge in [-0.1, -0.05) is 24.6 Å². The number of alkyl carbamates (subject to hydrolysis) is 1. The molecule has 0 saturated heterocycles. The summed E-state index contributed by atoms with van der Waals surface area (Å²) in [5.74, 6) is -1.21. The number of nitrogens with zero attached hydrogens (tertiary/aromatic N) is 1. The maximum Gasteiger partial charge on any atom is 0.407 e. The molecule has 1 aliphatic rings. The maximum atomic E-state index is 13.5. The van der Waals surface area contributed by atoms with Crippen LogP contribution in [0.4, 0.5) is 4.79 Å². The van der Waals surface area contributed by atoms with E-state index in [1.807, 2.05) is 6.07 Å². The van der Waals surface area contributed by atoms with Crippen LogP contribution in [0.3, 0.4) is 0 Å². The molecule has 2 aromatic rings. The molecule has 0 bridgehead atoms. The Bertz CT molecular complexity index is 1320. The molecule has 0 radical (unpaired) electrons. The molecule has 9 nitrogen and oxygen atoms in total. The molecule has 0 spiro atoms. The van der Waals surface area contributed by atoms with E-state index in [2.05, 4.69) is 5.32 Å². The third-order valence-corrected chi connectivity index (χ3v) is 6.67. The first-order chi connectivity index (χ1) is 18.7. The minimum Gasteiger partial charge on any atom is -0.462 e. The van der Waals surface area contributed by atoms with Crippen LogP contribution in [0.25, 0.3) is 11.1 Å². The number of aromatic nitrogens is 1. The second kappa shape index (κ2) is 12.5. The molecule has 1 aliphatic carbocycles. The van der Waals surface area contributed by atoms with Crippen molar-refractivity contribution in [3.05, 3.63) is 57.0 Å². The van der Waals surface area contributed by atoms with E-state index in [4.69, 9.17) is 25.8 Å². The summed E-state index contributed by atoms with van der Waals surface area (Å²) in [5, 5.41) is 3.38. The van der Waals surface area contributed by atoms with Gasteiger partial charge in [-0.05, 0) is 90.5 Å². The fourth-order valence-corrected chi connectivity index (χ4v) is 4.68. The summed E-state index contributed by atoms with van der Waals surface area (Å²) in [7, 11) is 0. The van der Waals surface area contributed by atoms with Gasteiger partial charge in [0.2, 0.25) is 0 Å². The number of ether oxygens (including phenoxy) is 3. The van der Waals surface area contributed by atoms with Crippen molar-refractivity contribution in [3.8, 4) is 11.1 Å². The van der Waals surface area contributed by atoms with Crippen LogP contribution in [0, 0.1) is 0 Å². The SMILES string of the molecule is CCOC(=O)c1cn(C(CC)C(=O)OC(C)(C)C)c(=O)cc1-c1cc(Cl)ccc1CC1(NC(=O)OC(C)C)CC1. The number of carbonyl (C=O) groups is 3. The van der Waals surface area contributed by atoms with Crippen molar-refractivity contribution in [2.24, 2.45) is 0 Å². The molecule has 1 fully saturated rings. The number of esters is 2. The molecule has 3 rings (SSSR count). The highest BCUT2D eigenvalue weighted by Crippen LogP contribution is 2.42. The quantitative estimate of drug-likeness (QED) is 0.280. The van der Waals surface area contributed by atoms with Crippen LogP contribution in [-0.4, -0.2) is 46.4 Å². The van der Waals surface area contributed by atoms with Gasteiger partial charge < -0.3 is 24.1 Å². The molecule has 1 saturated carbocycles. The van der Waals surface area contributed by atoms with E-state index in [1.165, 1.54) is 16.8 Å². The second-order valence-corrected chi connectivity index (χ2v) is 11.8. The van der Waals surface area contributed by atoms with E-state index in [9.17, 15) is 19.2 Å². The fraction of sp³-hybridized carbons (Fsp3) is 0.533. The normalized spacial score (nSPS) is 14.8. The lowest BCUT2D eigenvalue weighted by molar-refractivity contribution is -0.159. The van der Waals surface area contributed by atoms with Crippen LogP contribution in [0.2, 0.25) is 5.02 Å². The van der Waals surface area contributed by atoms with Gasteiger partial charge in [0.05, 0.1) is 18.3 Å². The predicted molar refractivity (Wildman–Crippen MR) is 153 cm³/mol. The molecular formula is C30H39ClN2O7. The second-order valence-electron chi connectivity index (χ2n) is 11.4. The summed E-state index contributed by atoms with van der Waals surface area (Å²) in [6.45, 7) is 12.4. The molecule has 40 heavy (non-hydrogen) atoms. The number of nitrogens with one attached hydrogen (secondary N) is 1. The van der Waals surface area contributed by atoms with Crippen LogP contribution in [0.5, 0.6) is 0 Å². The molecular weight excluding hydrogens is 536 g/mol. The minimum absolute atomic E-state index is 0.115. The Morgan fingerprint density at radius 2 is 1.77 bits per heavy atom. The van der Waals surface area contributed by atoms with E-state index in [1.54, 1.807) is 60.6 Å². The van der Waals surface area contributed by atoms with E-state index in [0.29, 0.717) is 22.6 Å². The molecule has 1 unspecified atom stereocenters. The number of carbonyl (C=O) groups excluding carboxylic acids is 3. The van der Waals surface area contributed by atoms with Gasteiger partial charge in [-0.25, -0.2) is 14.4 Å². The van der Waals surface area contributed by atoms with E-state index in [0.717, 1.165) is 18.4 Å². The lowest BCUT2D eigenvalue weighted by Crippen LogP contribution is -2.40. The third kappa shape index (κ3) is 7.87. The van der Waals surface area contributed by atoms with Crippen molar-refractivity contribution in [1.82, 2.24) is 9.88 Å². The van der Waals surface area contributed by atoms with Gasteiger partial charge in [-0.3, -0.25) is 4.79 Å². The Hall–Kier alpha value is -3.33. The van der Waals surface area contributed by atoms with Gasteiger partial charge in [0.25, 0.3) is 5.56 Å². The lowest BCUT2D eigenvalue weighted by atomic mass is 9.92. The first-order valence-corrected chi connectivity index (χ1v) is 14.0. The number of benzene rings is 1. The molecule has 1 amide bonds. The van der Waals surface area contributed by atoms with Crippen LogP contribution in [0.1, 0.15) is 89.7 Å². The number of pyridine rings is 1. The van der Waals surface area contributed by atoms with Gasteiger partial charge in [0, 0.05) is 28.4 Å². The standard InChI is InChI=1S/C30H39ClN2O7/c1-8-24(27(36)40-29(5,6)7)33-17-23(26(35)38-9-2)22(15-25(33)34)21-14-20(31)11-10-19(21)16-30(12-13-30)32-28(37)39-18(3)4/h10-11,14-15,17-18,24H,8-9,12-13,16H2,1-7H3,(H,32,37). The minimum atomic E-state index is -0.932. The molecule has 0 aliphatic heterocycles.